The Morgan fingerprint density at radius 1 is 1.33 bits per heavy atom. The number of hydrogen-bond acceptors (Lipinski definition) is 2. The lowest BCUT2D eigenvalue weighted by Crippen LogP contribution is -2.37. The predicted molar refractivity (Wildman–Crippen MR) is 99.3 cm³/mol. The van der Waals surface area contributed by atoms with Gasteiger partial charge in [-0.05, 0) is 37.5 Å². The summed E-state index contributed by atoms with van der Waals surface area (Å²) in [6, 6.07) is 7.80. The molecule has 130 valence electrons. The number of carbonyl (C=O) groups excluding carboxylic acids is 1. The molecule has 2 amide bonds. The fraction of sp³-hybridized carbons (Fsp3) is 0.444. The van der Waals surface area contributed by atoms with Crippen molar-refractivity contribution >= 4 is 17.7 Å². The molecule has 0 atom stereocenters. The van der Waals surface area contributed by atoms with Gasteiger partial charge in [-0.3, -0.25) is 0 Å². The first-order chi connectivity index (χ1) is 11.7. The highest BCUT2D eigenvalue weighted by molar-refractivity contribution is 5.89. The van der Waals surface area contributed by atoms with Gasteiger partial charge in [-0.25, -0.2) is 9.79 Å². The molecule has 24 heavy (non-hydrogen) atoms. The van der Waals surface area contributed by atoms with Crippen LogP contribution in [-0.2, 0) is 6.54 Å². The maximum atomic E-state index is 12.2. The standard InChI is InChI=1S/C18H27N5O/c1-3-10-20-17(19-4-2)21-14-15-8-7-9-16(13-15)22-18(24)23-11-5-6-12-23/h3,7-9,13H,1,4-6,10-12,14H2,2H3,(H,22,24)(H2,19,20,21). The third kappa shape index (κ3) is 5.61. The minimum Gasteiger partial charge on any atom is -0.357 e. The molecule has 0 aromatic heterocycles. The van der Waals surface area contributed by atoms with E-state index < -0.39 is 0 Å². The van der Waals surface area contributed by atoms with Crippen LogP contribution in [0.2, 0.25) is 0 Å². The summed E-state index contributed by atoms with van der Waals surface area (Å²) in [5.41, 5.74) is 1.86. The van der Waals surface area contributed by atoms with Gasteiger partial charge in [-0.15, -0.1) is 6.58 Å². The van der Waals surface area contributed by atoms with Crippen LogP contribution < -0.4 is 16.0 Å². The summed E-state index contributed by atoms with van der Waals surface area (Å²) in [5.74, 6) is 0.754. The first kappa shape index (κ1) is 17.8. The molecule has 6 heteroatoms. The van der Waals surface area contributed by atoms with Crippen LogP contribution in [0.1, 0.15) is 25.3 Å². The first-order valence-electron chi connectivity index (χ1n) is 8.51. The summed E-state index contributed by atoms with van der Waals surface area (Å²) < 4.78 is 0. The SMILES string of the molecule is C=CCNC(=NCc1cccc(NC(=O)N2CCCC2)c1)NCC. The van der Waals surface area contributed by atoms with Crippen LogP contribution >= 0.6 is 0 Å². The lowest BCUT2D eigenvalue weighted by Gasteiger charge is -2.16. The minimum absolute atomic E-state index is 0.0193. The topological polar surface area (TPSA) is 68.8 Å². The van der Waals surface area contributed by atoms with Crippen LogP contribution in [0.3, 0.4) is 0 Å². The molecule has 1 saturated heterocycles. The third-order valence-electron chi connectivity index (χ3n) is 3.75. The smallest absolute Gasteiger partial charge is 0.321 e. The van der Waals surface area contributed by atoms with Gasteiger partial charge in [-0.1, -0.05) is 18.2 Å². The summed E-state index contributed by atoms with van der Waals surface area (Å²) in [7, 11) is 0. The maximum Gasteiger partial charge on any atom is 0.321 e. The van der Waals surface area contributed by atoms with Crippen molar-refractivity contribution in [2.24, 2.45) is 4.99 Å². The number of nitrogens with zero attached hydrogens (tertiary/aromatic N) is 2. The van der Waals surface area contributed by atoms with E-state index in [0.29, 0.717) is 13.1 Å². The van der Waals surface area contributed by atoms with E-state index in [9.17, 15) is 4.79 Å². The molecule has 1 fully saturated rings. The molecule has 1 aromatic carbocycles. The van der Waals surface area contributed by atoms with Gasteiger partial charge in [0.25, 0.3) is 0 Å². The molecule has 3 N–H and O–H groups in total. The molecule has 6 nitrogen and oxygen atoms in total. The van der Waals surface area contributed by atoms with Crippen molar-refractivity contribution in [3.63, 3.8) is 0 Å². The van der Waals surface area contributed by atoms with Gasteiger partial charge < -0.3 is 20.9 Å². The Hall–Kier alpha value is -2.50. The van der Waals surface area contributed by atoms with E-state index in [1.165, 1.54) is 0 Å². The molecule has 0 saturated carbocycles. The number of hydrogen-bond donors (Lipinski definition) is 3. The minimum atomic E-state index is -0.0193. The molecule has 1 aliphatic rings. The Morgan fingerprint density at radius 2 is 2.12 bits per heavy atom. The average Bonchev–Trinajstić information content (AvgIpc) is 3.12. The van der Waals surface area contributed by atoms with Gasteiger partial charge >= 0.3 is 6.03 Å². The molecule has 0 bridgehead atoms. The van der Waals surface area contributed by atoms with Gasteiger partial charge in [0.2, 0.25) is 0 Å². The van der Waals surface area contributed by atoms with E-state index in [1.807, 2.05) is 36.1 Å². The number of likely N-dealkylation sites (tertiary alicyclic amines) is 1. The Kier molecular flexibility index (Phi) is 7.14. The fourth-order valence-electron chi connectivity index (χ4n) is 2.55. The molecule has 0 aliphatic carbocycles. The maximum absolute atomic E-state index is 12.2. The van der Waals surface area contributed by atoms with Crippen molar-refractivity contribution in [2.75, 3.05) is 31.5 Å². The number of guanidine groups is 1. The highest BCUT2D eigenvalue weighted by Gasteiger charge is 2.17. The summed E-state index contributed by atoms with van der Waals surface area (Å²) in [5, 5.41) is 9.32. The number of anilines is 1. The Labute approximate surface area is 144 Å². The van der Waals surface area contributed by atoms with Gasteiger partial charge in [-0.2, -0.15) is 0 Å². The summed E-state index contributed by atoms with van der Waals surface area (Å²) in [4.78, 5) is 18.6. The first-order valence-corrected chi connectivity index (χ1v) is 8.51. The monoisotopic (exact) mass is 329 g/mol. The summed E-state index contributed by atoms with van der Waals surface area (Å²) in [6.07, 6.45) is 3.97. The van der Waals surface area contributed by atoms with E-state index in [2.05, 4.69) is 27.5 Å². The largest absolute Gasteiger partial charge is 0.357 e. The zero-order valence-electron chi connectivity index (χ0n) is 14.3. The van der Waals surface area contributed by atoms with E-state index in [0.717, 1.165) is 49.7 Å². The van der Waals surface area contributed by atoms with Crippen molar-refractivity contribution in [1.82, 2.24) is 15.5 Å². The molecule has 0 radical (unpaired) electrons. The van der Waals surface area contributed by atoms with Gasteiger partial charge in [0, 0.05) is 31.9 Å². The van der Waals surface area contributed by atoms with Crippen LogP contribution in [0.15, 0.2) is 41.9 Å². The second-order valence-corrected chi connectivity index (χ2v) is 5.69. The van der Waals surface area contributed by atoms with E-state index in [1.54, 1.807) is 6.08 Å². The van der Waals surface area contributed by atoms with Crippen LogP contribution in [0, 0.1) is 0 Å². The number of carbonyl (C=O) groups is 1. The van der Waals surface area contributed by atoms with E-state index in [4.69, 9.17) is 0 Å². The predicted octanol–water partition coefficient (Wildman–Crippen LogP) is 2.56. The van der Waals surface area contributed by atoms with E-state index >= 15 is 0 Å². The van der Waals surface area contributed by atoms with Crippen LogP contribution in [0.25, 0.3) is 0 Å². The number of amides is 2. The molecule has 1 heterocycles. The van der Waals surface area contributed by atoms with Gasteiger partial charge in [0.1, 0.15) is 0 Å². The third-order valence-corrected chi connectivity index (χ3v) is 3.75. The molecular weight excluding hydrogens is 302 g/mol. The number of urea groups is 1. The molecule has 1 aromatic rings. The molecule has 0 unspecified atom stereocenters. The quantitative estimate of drug-likeness (QED) is 0.427. The van der Waals surface area contributed by atoms with Crippen molar-refractivity contribution in [1.29, 1.82) is 0 Å². The van der Waals surface area contributed by atoms with Crippen LogP contribution in [-0.4, -0.2) is 43.1 Å². The van der Waals surface area contributed by atoms with Crippen molar-refractivity contribution in [3.8, 4) is 0 Å². The summed E-state index contributed by atoms with van der Waals surface area (Å²) >= 11 is 0. The summed E-state index contributed by atoms with van der Waals surface area (Å²) in [6.45, 7) is 9.42. The van der Waals surface area contributed by atoms with E-state index in [-0.39, 0.29) is 6.03 Å². The Balaban J connectivity index is 1.95. The lowest BCUT2D eigenvalue weighted by atomic mass is 10.2. The number of rotatable bonds is 6. The zero-order valence-corrected chi connectivity index (χ0v) is 14.3. The van der Waals surface area contributed by atoms with Crippen LogP contribution in [0.5, 0.6) is 0 Å². The molecular formula is C18H27N5O. The highest BCUT2D eigenvalue weighted by atomic mass is 16.2. The molecule has 0 spiro atoms. The van der Waals surface area contributed by atoms with Gasteiger partial charge in [0.05, 0.1) is 6.54 Å². The van der Waals surface area contributed by atoms with Crippen molar-refractivity contribution in [2.45, 2.75) is 26.3 Å². The normalized spacial score (nSPS) is 14.4. The highest BCUT2D eigenvalue weighted by Crippen LogP contribution is 2.14. The average molecular weight is 329 g/mol. The van der Waals surface area contributed by atoms with Gasteiger partial charge in [0.15, 0.2) is 5.96 Å². The van der Waals surface area contributed by atoms with Crippen molar-refractivity contribution < 1.29 is 4.79 Å². The fourth-order valence-corrected chi connectivity index (χ4v) is 2.55. The lowest BCUT2D eigenvalue weighted by molar-refractivity contribution is 0.222. The number of benzene rings is 1. The Bertz CT molecular complexity index is 579. The number of aliphatic imine (C=N–C) groups is 1. The number of nitrogens with one attached hydrogen (secondary N) is 3. The van der Waals surface area contributed by atoms with Crippen LogP contribution in [0.4, 0.5) is 10.5 Å². The zero-order chi connectivity index (χ0) is 17.2. The van der Waals surface area contributed by atoms with Crippen molar-refractivity contribution in [3.05, 3.63) is 42.5 Å². The Morgan fingerprint density at radius 3 is 2.83 bits per heavy atom. The molecule has 2 rings (SSSR count). The second kappa shape index (κ2) is 9.60. The second-order valence-electron chi connectivity index (χ2n) is 5.69. The molecule has 1 aliphatic heterocycles.